The molecule has 1 aliphatic rings. The van der Waals surface area contributed by atoms with Crippen LogP contribution < -0.4 is 0 Å². The maximum Gasteiger partial charge on any atom is 0.166 e. The highest BCUT2D eigenvalue weighted by molar-refractivity contribution is 5.84. The fourth-order valence-electron chi connectivity index (χ4n) is 4.83. The van der Waals surface area contributed by atoms with Crippen LogP contribution in [0.5, 0.6) is 0 Å². The van der Waals surface area contributed by atoms with Crippen molar-refractivity contribution >= 4 is 10.8 Å². The third kappa shape index (κ3) is 4.52. The van der Waals surface area contributed by atoms with E-state index >= 15 is 0 Å². The summed E-state index contributed by atoms with van der Waals surface area (Å²) in [5.41, 5.74) is 4.18. The van der Waals surface area contributed by atoms with Crippen molar-refractivity contribution in [3.05, 3.63) is 82.9 Å². The van der Waals surface area contributed by atoms with Crippen LogP contribution in [0.1, 0.15) is 80.4 Å². The lowest BCUT2D eigenvalue weighted by atomic mass is 9.76. The lowest BCUT2D eigenvalue weighted by Crippen LogP contribution is -2.12. The van der Waals surface area contributed by atoms with Crippen molar-refractivity contribution in [3.63, 3.8) is 0 Å². The van der Waals surface area contributed by atoms with E-state index in [9.17, 15) is 8.78 Å². The zero-order valence-corrected chi connectivity index (χ0v) is 17.3. The first-order chi connectivity index (χ1) is 14.2. The first-order valence-electron chi connectivity index (χ1n) is 11.1. The van der Waals surface area contributed by atoms with Gasteiger partial charge in [-0.25, -0.2) is 8.78 Å². The summed E-state index contributed by atoms with van der Waals surface area (Å²) < 4.78 is 27.4. The molecule has 152 valence electrons. The van der Waals surface area contributed by atoms with Crippen LogP contribution in [0.25, 0.3) is 10.8 Å². The van der Waals surface area contributed by atoms with E-state index < -0.39 is 11.6 Å². The summed E-state index contributed by atoms with van der Waals surface area (Å²) >= 11 is 0. The lowest BCUT2D eigenvalue weighted by Gasteiger charge is -2.29. The van der Waals surface area contributed by atoms with E-state index in [0.29, 0.717) is 17.2 Å². The highest BCUT2D eigenvalue weighted by Gasteiger charge is 2.24. The van der Waals surface area contributed by atoms with Crippen molar-refractivity contribution in [2.45, 2.75) is 70.1 Å². The van der Waals surface area contributed by atoms with E-state index in [0.717, 1.165) is 18.2 Å². The van der Waals surface area contributed by atoms with Crippen molar-refractivity contribution in [1.82, 2.24) is 0 Å². The summed E-state index contributed by atoms with van der Waals surface area (Å²) in [7, 11) is 0. The van der Waals surface area contributed by atoms with Crippen LogP contribution in [-0.4, -0.2) is 0 Å². The molecule has 1 saturated carbocycles. The molecule has 0 aliphatic heterocycles. The molecule has 0 unspecified atom stereocenters. The zero-order valence-electron chi connectivity index (χ0n) is 17.3. The van der Waals surface area contributed by atoms with E-state index in [1.165, 1.54) is 61.3 Å². The molecule has 3 aromatic carbocycles. The number of halogens is 2. The molecule has 1 aliphatic carbocycles. The van der Waals surface area contributed by atoms with Crippen LogP contribution in [0.15, 0.2) is 54.6 Å². The van der Waals surface area contributed by atoms with Gasteiger partial charge in [-0.3, -0.25) is 0 Å². The number of benzene rings is 3. The molecule has 3 aromatic rings. The molecule has 1 fully saturated rings. The van der Waals surface area contributed by atoms with Gasteiger partial charge in [-0.1, -0.05) is 68.3 Å². The second-order valence-electron chi connectivity index (χ2n) is 8.59. The van der Waals surface area contributed by atoms with Gasteiger partial charge in [0.15, 0.2) is 11.6 Å². The Balaban J connectivity index is 1.39. The zero-order chi connectivity index (χ0) is 20.2. The molecule has 0 amide bonds. The molecule has 0 N–H and O–H groups in total. The minimum absolute atomic E-state index is 0.376. The average molecular weight is 393 g/mol. The maximum atomic E-state index is 14.0. The van der Waals surface area contributed by atoms with Crippen molar-refractivity contribution in [1.29, 1.82) is 0 Å². The van der Waals surface area contributed by atoms with Crippen molar-refractivity contribution < 1.29 is 8.78 Å². The van der Waals surface area contributed by atoms with Crippen LogP contribution in [-0.2, 0) is 6.42 Å². The molecule has 29 heavy (non-hydrogen) atoms. The lowest BCUT2D eigenvalue weighted by molar-refractivity contribution is 0.396. The third-order valence-electron chi connectivity index (χ3n) is 6.65. The normalized spacial score (nSPS) is 19.6. The Kier molecular flexibility index (Phi) is 6.28. The summed E-state index contributed by atoms with van der Waals surface area (Å²) in [6.45, 7) is 2.25. The van der Waals surface area contributed by atoms with Crippen molar-refractivity contribution in [2.75, 3.05) is 0 Å². The summed E-state index contributed by atoms with van der Waals surface area (Å²) in [6.07, 6.45) is 9.73. The molecule has 0 nitrogen and oxygen atoms in total. The van der Waals surface area contributed by atoms with Crippen molar-refractivity contribution in [3.8, 4) is 0 Å². The standard InChI is InChI=1S/C27H30F2/c1-2-3-4-5-19-6-8-20(9-7-19)21-10-12-22(13-11-21)23-14-16-25-24(18-23)15-17-26(28)27(25)29/h6-9,14-18,21-22H,2-5,10-13H2,1H3. The summed E-state index contributed by atoms with van der Waals surface area (Å²) in [5.74, 6) is -0.363. The highest BCUT2D eigenvalue weighted by atomic mass is 19.2. The molecule has 0 saturated heterocycles. The van der Waals surface area contributed by atoms with Crippen LogP contribution in [0, 0.1) is 11.6 Å². The highest BCUT2D eigenvalue weighted by Crippen LogP contribution is 2.41. The van der Waals surface area contributed by atoms with Gasteiger partial charge in [-0.05, 0) is 78.5 Å². The Morgan fingerprint density at radius 3 is 2.10 bits per heavy atom. The fourth-order valence-corrected chi connectivity index (χ4v) is 4.83. The van der Waals surface area contributed by atoms with Crippen molar-refractivity contribution in [2.24, 2.45) is 0 Å². The minimum Gasteiger partial charge on any atom is -0.204 e. The van der Waals surface area contributed by atoms with Gasteiger partial charge in [0.1, 0.15) is 0 Å². The first kappa shape index (κ1) is 20.1. The largest absolute Gasteiger partial charge is 0.204 e. The summed E-state index contributed by atoms with van der Waals surface area (Å²) in [6, 6.07) is 18.0. The fraction of sp³-hybridized carbons (Fsp3) is 0.407. The van der Waals surface area contributed by atoms with Gasteiger partial charge in [0, 0.05) is 5.39 Å². The minimum atomic E-state index is -0.776. The second kappa shape index (κ2) is 9.07. The van der Waals surface area contributed by atoms with E-state index in [4.69, 9.17) is 0 Å². The molecule has 0 heterocycles. The summed E-state index contributed by atoms with van der Waals surface area (Å²) in [5, 5.41) is 1.17. The molecule has 0 aromatic heterocycles. The maximum absolute atomic E-state index is 14.0. The number of fused-ring (bicyclic) bond motifs is 1. The van der Waals surface area contributed by atoms with Crippen LogP contribution in [0.4, 0.5) is 8.78 Å². The van der Waals surface area contributed by atoms with Gasteiger partial charge in [0.2, 0.25) is 0 Å². The number of hydrogen-bond donors (Lipinski definition) is 0. The van der Waals surface area contributed by atoms with Gasteiger partial charge in [0.05, 0.1) is 0 Å². The van der Waals surface area contributed by atoms with E-state index in [1.54, 1.807) is 12.1 Å². The third-order valence-corrected chi connectivity index (χ3v) is 6.65. The van der Waals surface area contributed by atoms with Crippen LogP contribution in [0.2, 0.25) is 0 Å². The van der Waals surface area contributed by atoms with E-state index in [-0.39, 0.29) is 0 Å². The Morgan fingerprint density at radius 2 is 1.41 bits per heavy atom. The average Bonchev–Trinajstić information content (AvgIpc) is 2.77. The molecule has 2 heteroatoms. The number of hydrogen-bond acceptors (Lipinski definition) is 0. The SMILES string of the molecule is CCCCCc1ccc(C2CCC(c3ccc4c(F)c(F)ccc4c3)CC2)cc1. The first-order valence-corrected chi connectivity index (χ1v) is 11.1. The Labute approximate surface area is 173 Å². The Hall–Kier alpha value is -2.22. The predicted molar refractivity (Wildman–Crippen MR) is 117 cm³/mol. The smallest absolute Gasteiger partial charge is 0.166 e. The molecule has 0 bridgehead atoms. The Bertz CT molecular complexity index is 950. The predicted octanol–water partition coefficient (Wildman–Crippen LogP) is 8.29. The summed E-state index contributed by atoms with van der Waals surface area (Å²) in [4.78, 5) is 0. The van der Waals surface area contributed by atoms with Gasteiger partial charge in [-0.15, -0.1) is 0 Å². The monoisotopic (exact) mass is 392 g/mol. The molecule has 4 rings (SSSR count). The van der Waals surface area contributed by atoms with E-state index in [1.807, 2.05) is 12.1 Å². The molecular weight excluding hydrogens is 362 g/mol. The van der Waals surface area contributed by atoms with Gasteiger partial charge in [-0.2, -0.15) is 0 Å². The molecule has 0 radical (unpaired) electrons. The molecular formula is C27H30F2. The number of aryl methyl sites for hydroxylation is 1. The second-order valence-corrected chi connectivity index (χ2v) is 8.59. The van der Waals surface area contributed by atoms with Gasteiger partial charge >= 0.3 is 0 Å². The van der Waals surface area contributed by atoms with Crippen LogP contribution in [0.3, 0.4) is 0 Å². The molecule has 0 spiro atoms. The molecule has 0 atom stereocenters. The quantitative estimate of drug-likeness (QED) is 0.370. The number of rotatable bonds is 6. The number of unbranched alkanes of at least 4 members (excludes halogenated alkanes) is 2. The Morgan fingerprint density at radius 1 is 0.759 bits per heavy atom. The van der Waals surface area contributed by atoms with E-state index in [2.05, 4.69) is 31.2 Å². The van der Waals surface area contributed by atoms with Crippen LogP contribution >= 0.6 is 0 Å². The van der Waals surface area contributed by atoms with Gasteiger partial charge < -0.3 is 0 Å². The van der Waals surface area contributed by atoms with Gasteiger partial charge in [0.25, 0.3) is 0 Å². The topological polar surface area (TPSA) is 0 Å².